The Labute approximate surface area is 224 Å². The zero-order chi connectivity index (χ0) is 26.5. The number of rotatable bonds is 9. The lowest BCUT2D eigenvalue weighted by atomic mass is 9.98. The number of amidine groups is 1. The van der Waals surface area contributed by atoms with Crippen molar-refractivity contribution < 1.29 is 19.0 Å². The van der Waals surface area contributed by atoms with Gasteiger partial charge in [0.2, 0.25) is 5.91 Å². The number of benzene rings is 1. The summed E-state index contributed by atoms with van der Waals surface area (Å²) >= 11 is 1.30. The van der Waals surface area contributed by atoms with Gasteiger partial charge in [-0.25, -0.2) is 13.9 Å². The lowest BCUT2D eigenvalue weighted by Gasteiger charge is -2.30. The summed E-state index contributed by atoms with van der Waals surface area (Å²) in [6, 6.07) is 5.81. The van der Waals surface area contributed by atoms with Crippen molar-refractivity contribution in [2.45, 2.75) is 31.4 Å². The van der Waals surface area contributed by atoms with Gasteiger partial charge in [0.1, 0.15) is 28.7 Å². The van der Waals surface area contributed by atoms with Crippen molar-refractivity contribution in [2.24, 2.45) is 10.9 Å². The van der Waals surface area contributed by atoms with Crippen molar-refractivity contribution in [3.8, 4) is 5.75 Å². The van der Waals surface area contributed by atoms with Crippen LogP contribution in [-0.2, 0) is 4.79 Å². The minimum Gasteiger partial charge on any atom is -0.492 e. The van der Waals surface area contributed by atoms with E-state index in [4.69, 9.17) is 4.74 Å². The van der Waals surface area contributed by atoms with Crippen LogP contribution in [0.3, 0.4) is 0 Å². The van der Waals surface area contributed by atoms with Crippen LogP contribution >= 0.6 is 11.8 Å². The molecule has 0 spiro atoms. The molecule has 1 fully saturated rings. The number of carbonyl (C=O) groups is 1. The Morgan fingerprint density at radius 3 is 2.95 bits per heavy atom. The van der Waals surface area contributed by atoms with Gasteiger partial charge in [0.05, 0.1) is 19.3 Å². The van der Waals surface area contributed by atoms with E-state index in [1.807, 2.05) is 13.1 Å². The van der Waals surface area contributed by atoms with Crippen molar-refractivity contribution in [1.29, 1.82) is 0 Å². The third-order valence-corrected chi connectivity index (χ3v) is 7.99. The molecule has 5 rings (SSSR count). The molecule has 0 radical (unpaired) electrons. The van der Waals surface area contributed by atoms with Crippen LogP contribution < -0.4 is 15.4 Å². The number of hydrogen-bond acceptors (Lipinski definition) is 9. The number of hydrogen-bond donors (Lipinski definition) is 3. The first-order valence-electron chi connectivity index (χ1n) is 12.8. The largest absolute Gasteiger partial charge is 0.492 e. The van der Waals surface area contributed by atoms with Crippen LogP contribution in [0.2, 0.25) is 0 Å². The smallest absolute Gasteiger partial charge is 0.239 e. The molecule has 0 bridgehead atoms. The van der Waals surface area contributed by atoms with Gasteiger partial charge in [-0.15, -0.1) is 0 Å². The molecule has 3 N–H and O–H groups in total. The van der Waals surface area contributed by atoms with Crippen LogP contribution in [0.15, 0.2) is 41.8 Å². The maximum Gasteiger partial charge on any atom is 0.239 e. The Hall–Kier alpha value is -3.22. The molecule has 1 saturated heterocycles. The number of aryl methyl sites for hydroxylation is 1. The normalized spacial score (nSPS) is 18.5. The van der Waals surface area contributed by atoms with Crippen LogP contribution in [0.1, 0.15) is 24.8 Å². The number of likely N-dealkylation sites (tertiary alicyclic amines) is 1. The highest BCUT2D eigenvalue weighted by Gasteiger charge is 2.28. The van der Waals surface area contributed by atoms with Gasteiger partial charge in [0.25, 0.3) is 0 Å². The van der Waals surface area contributed by atoms with E-state index in [0.29, 0.717) is 35.7 Å². The number of thioether (sulfide) groups is 1. The second kappa shape index (κ2) is 12.1. The molecular weight excluding hydrogens is 509 g/mol. The number of nitrogens with zero attached hydrogens (tertiary/aromatic N) is 5. The molecule has 2 aliphatic rings. The standard InChI is InChI=1S/C26H32FN7O3S/c1-17-21(37-11-3-8-33-9-6-18(15-35)7-10-33)14-34-23(17)24(29-16-30-34)32-26-28-13-22(38-26)25(36)31-20-5-2-4-19(27)12-20/h2,4-5,12,14,16,18,22,35H,3,6-11,13,15H2,1H3,(H,31,36)(H,28,29,30,32). The number of ether oxygens (including phenoxy) is 1. The highest BCUT2D eigenvalue weighted by Crippen LogP contribution is 2.30. The first kappa shape index (κ1) is 26.4. The van der Waals surface area contributed by atoms with E-state index in [2.05, 4.69) is 30.6 Å². The Balaban J connectivity index is 1.15. The Bertz CT molecular complexity index is 1310. The van der Waals surface area contributed by atoms with E-state index in [-0.39, 0.29) is 12.5 Å². The third-order valence-electron chi connectivity index (χ3n) is 6.89. The lowest BCUT2D eigenvalue weighted by molar-refractivity contribution is -0.115. The fourth-order valence-corrected chi connectivity index (χ4v) is 5.60. The zero-order valence-corrected chi connectivity index (χ0v) is 22.1. The maximum absolute atomic E-state index is 13.4. The summed E-state index contributed by atoms with van der Waals surface area (Å²) in [5.74, 6) is 1.14. The highest BCUT2D eigenvalue weighted by atomic mass is 32.2. The molecule has 1 unspecified atom stereocenters. The highest BCUT2D eigenvalue weighted by molar-refractivity contribution is 8.15. The van der Waals surface area contributed by atoms with Crippen LogP contribution in [0.4, 0.5) is 15.9 Å². The first-order valence-corrected chi connectivity index (χ1v) is 13.7. The third kappa shape index (κ3) is 6.25. The number of anilines is 2. The van der Waals surface area contributed by atoms with Gasteiger partial charge in [-0.1, -0.05) is 17.8 Å². The van der Waals surface area contributed by atoms with E-state index in [9.17, 15) is 14.3 Å². The molecule has 202 valence electrons. The van der Waals surface area contributed by atoms with Crippen LogP contribution in [0.5, 0.6) is 5.75 Å². The monoisotopic (exact) mass is 541 g/mol. The Kier molecular flexibility index (Phi) is 8.40. The SMILES string of the molecule is Cc1c(OCCCN2CCC(CO)CC2)cn2ncnc(NC3=NCC(C(=O)Nc4cccc(F)c4)S3)c12. The summed E-state index contributed by atoms with van der Waals surface area (Å²) in [5.41, 5.74) is 2.11. The molecule has 1 atom stereocenters. The second-order valence-corrected chi connectivity index (χ2v) is 10.8. The fourth-order valence-electron chi connectivity index (χ4n) is 4.71. The van der Waals surface area contributed by atoms with E-state index in [1.165, 1.54) is 30.2 Å². The summed E-state index contributed by atoms with van der Waals surface area (Å²) in [7, 11) is 0. The van der Waals surface area contributed by atoms with Gasteiger partial charge >= 0.3 is 0 Å². The molecule has 1 amide bonds. The molecule has 2 aliphatic heterocycles. The summed E-state index contributed by atoms with van der Waals surface area (Å²) in [4.78, 5) is 23.9. The number of piperidine rings is 1. The quantitative estimate of drug-likeness (QED) is 0.354. The van der Waals surface area contributed by atoms with Gasteiger partial charge < -0.3 is 25.4 Å². The average molecular weight is 542 g/mol. The van der Waals surface area contributed by atoms with Crippen molar-refractivity contribution in [3.63, 3.8) is 0 Å². The lowest BCUT2D eigenvalue weighted by Crippen LogP contribution is -2.35. The Morgan fingerprint density at radius 1 is 1.32 bits per heavy atom. The van der Waals surface area contributed by atoms with Gasteiger partial charge in [-0.2, -0.15) is 5.10 Å². The number of halogens is 1. The van der Waals surface area contributed by atoms with E-state index < -0.39 is 11.1 Å². The summed E-state index contributed by atoms with van der Waals surface area (Å²) in [6.07, 6.45) is 6.33. The number of amides is 1. The fraction of sp³-hybridized carbons (Fsp3) is 0.462. The van der Waals surface area contributed by atoms with E-state index in [1.54, 1.807) is 16.6 Å². The zero-order valence-electron chi connectivity index (χ0n) is 21.3. The molecule has 10 nitrogen and oxygen atoms in total. The number of aliphatic imine (C=N–C) groups is 1. The molecule has 3 aromatic rings. The summed E-state index contributed by atoms with van der Waals surface area (Å²) < 4.78 is 21.3. The molecule has 12 heteroatoms. The topological polar surface area (TPSA) is 116 Å². The van der Waals surface area contributed by atoms with Gasteiger partial charge in [0.15, 0.2) is 11.0 Å². The van der Waals surface area contributed by atoms with Gasteiger partial charge in [-0.05, 0) is 63.4 Å². The predicted octanol–water partition coefficient (Wildman–Crippen LogP) is 3.17. The van der Waals surface area contributed by atoms with Crippen LogP contribution in [-0.4, -0.2) is 80.3 Å². The summed E-state index contributed by atoms with van der Waals surface area (Å²) in [6.45, 7) is 6.19. The second-order valence-electron chi connectivity index (χ2n) is 9.57. The van der Waals surface area contributed by atoms with Crippen LogP contribution in [0.25, 0.3) is 5.52 Å². The molecule has 38 heavy (non-hydrogen) atoms. The first-order chi connectivity index (χ1) is 18.5. The molecule has 2 aromatic heterocycles. The molecule has 1 aromatic carbocycles. The number of aliphatic hydroxyl groups is 1. The van der Waals surface area contributed by atoms with Crippen molar-refractivity contribution in [3.05, 3.63) is 48.2 Å². The van der Waals surface area contributed by atoms with Crippen LogP contribution in [0, 0.1) is 18.7 Å². The number of nitrogens with one attached hydrogen (secondary N) is 2. The number of fused-ring (bicyclic) bond motifs is 1. The van der Waals surface area contributed by atoms with E-state index in [0.717, 1.165) is 55.7 Å². The number of aromatic nitrogens is 3. The predicted molar refractivity (Wildman–Crippen MR) is 146 cm³/mol. The Morgan fingerprint density at radius 2 is 2.16 bits per heavy atom. The minimum atomic E-state index is -0.431. The van der Waals surface area contributed by atoms with Gasteiger partial charge in [0, 0.05) is 24.4 Å². The molecule has 0 saturated carbocycles. The minimum absolute atomic E-state index is 0.235. The average Bonchev–Trinajstić information content (AvgIpc) is 3.52. The van der Waals surface area contributed by atoms with Crippen molar-refractivity contribution in [2.75, 3.05) is 50.0 Å². The maximum atomic E-state index is 13.4. The van der Waals surface area contributed by atoms with Gasteiger partial charge in [-0.3, -0.25) is 9.79 Å². The van der Waals surface area contributed by atoms with Crippen molar-refractivity contribution >= 4 is 39.9 Å². The van der Waals surface area contributed by atoms with E-state index >= 15 is 0 Å². The number of carbonyl (C=O) groups excluding carboxylic acids is 1. The molecule has 4 heterocycles. The summed E-state index contributed by atoms with van der Waals surface area (Å²) in [5, 5.41) is 19.8. The van der Waals surface area contributed by atoms with Crippen molar-refractivity contribution in [1.82, 2.24) is 19.5 Å². The molecular formula is C26H32FN7O3S. The number of aliphatic hydroxyl groups excluding tert-OH is 1. The molecule has 0 aliphatic carbocycles.